The topological polar surface area (TPSA) is 55.4 Å². The number of amides is 1. The van der Waals surface area contributed by atoms with Gasteiger partial charge in [0.25, 0.3) is 5.24 Å². The van der Waals surface area contributed by atoms with Gasteiger partial charge in [-0.2, -0.15) is 0 Å². The Morgan fingerprint density at radius 3 is 2.62 bits per heavy atom. The molecule has 0 aromatic heterocycles. The molecule has 1 aromatic rings. The zero-order valence-corrected chi connectivity index (χ0v) is 9.54. The summed E-state index contributed by atoms with van der Waals surface area (Å²) in [5.74, 6) is -0.347. The molecule has 1 fully saturated rings. The van der Waals surface area contributed by atoms with E-state index < -0.39 is 0 Å². The summed E-state index contributed by atoms with van der Waals surface area (Å²) in [6, 6.07) is 7.13. The largest absolute Gasteiger partial charge is 0.465 e. The van der Waals surface area contributed by atoms with E-state index in [-0.39, 0.29) is 16.5 Å². The molecule has 1 heterocycles. The molecule has 1 aliphatic rings. The molecule has 4 nitrogen and oxygen atoms in total. The zero-order chi connectivity index (χ0) is 11.5. The molecule has 0 spiro atoms. The molecule has 1 amide bonds. The van der Waals surface area contributed by atoms with Gasteiger partial charge in [0.05, 0.1) is 17.9 Å². The lowest BCUT2D eigenvalue weighted by Gasteiger charge is -2.07. The Morgan fingerprint density at radius 2 is 2.12 bits per heavy atom. The molecule has 1 atom stereocenters. The van der Waals surface area contributed by atoms with Gasteiger partial charge in [-0.3, -0.25) is 4.79 Å². The van der Waals surface area contributed by atoms with Crippen LogP contribution in [0.2, 0.25) is 0 Å². The van der Waals surface area contributed by atoms with E-state index in [4.69, 9.17) is 0 Å². The molecule has 16 heavy (non-hydrogen) atoms. The van der Waals surface area contributed by atoms with Gasteiger partial charge in [-0.25, -0.2) is 4.79 Å². The van der Waals surface area contributed by atoms with Crippen LogP contribution in [0.3, 0.4) is 0 Å². The van der Waals surface area contributed by atoms with Gasteiger partial charge in [-0.1, -0.05) is 23.9 Å². The third-order valence-corrected chi connectivity index (χ3v) is 3.47. The molecular weight excluding hydrogens is 226 g/mol. The molecule has 0 radical (unpaired) electrons. The number of hydrogen-bond donors (Lipinski definition) is 1. The number of ether oxygens (including phenoxy) is 1. The lowest BCUT2D eigenvalue weighted by molar-refractivity contribution is 0.0600. The summed E-state index contributed by atoms with van der Waals surface area (Å²) < 4.78 is 4.61. The van der Waals surface area contributed by atoms with E-state index in [1.165, 1.54) is 18.9 Å². The third-order valence-electron chi connectivity index (χ3n) is 2.38. The number of carbonyl (C=O) groups excluding carboxylic acids is 2. The van der Waals surface area contributed by atoms with Gasteiger partial charge in [0.2, 0.25) is 0 Å². The van der Waals surface area contributed by atoms with Crippen LogP contribution in [0.4, 0.5) is 4.79 Å². The molecule has 5 heteroatoms. The Hall–Kier alpha value is -1.49. The minimum Gasteiger partial charge on any atom is -0.465 e. The Bertz CT molecular complexity index is 416. The Kier molecular flexibility index (Phi) is 3.14. The summed E-state index contributed by atoms with van der Waals surface area (Å²) in [6.07, 6.45) is 0. The lowest BCUT2D eigenvalue weighted by Crippen LogP contribution is -2.11. The van der Waals surface area contributed by atoms with Crippen LogP contribution < -0.4 is 5.32 Å². The number of carbonyl (C=O) groups is 2. The maximum absolute atomic E-state index is 11.2. The van der Waals surface area contributed by atoms with Gasteiger partial charge in [-0.05, 0) is 17.7 Å². The molecule has 1 aromatic carbocycles. The smallest absolute Gasteiger partial charge is 0.337 e. The average Bonchev–Trinajstić information content (AvgIpc) is 2.75. The zero-order valence-electron chi connectivity index (χ0n) is 8.73. The highest BCUT2D eigenvalue weighted by Gasteiger charge is 2.23. The molecule has 0 bridgehead atoms. The van der Waals surface area contributed by atoms with Gasteiger partial charge in [0.1, 0.15) is 0 Å². The molecule has 84 valence electrons. The fraction of sp³-hybridized carbons (Fsp3) is 0.273. The molecule has 0 saturated carbocycles. The monoisotopic (exact) mass is 237 g/mol. The highest BCUT2D eigenvalue weighted by Crippen LogP contribution is 2.32. The van der Waals surface area contributed by atoms with Crippen molar-refractivity contribution in [3.05, 3.63) is 35.4 Å². The first-order valence-corrected chi connectivity index (χ1v) is 5.71. The summed E-state index contributed by atoms with van der Waals surface area (Å²) in [4.78, 5) is 22.2. The summed E-state index contributed by atoms with van der Waals surface area (Å²) in [5.41, 5.74) is 1.56. The predicted octanol–water partition coefficient (Wildman–Crippen LogP) is 1.97. The van der Waals surface area contributed by atoms with E-state index in [0.717, 1.165) is 5.56 Å². The number of benzene rings is 1. The summed E-state index contributed by atoms with van der Waals surface area (Å²) in [7, 11) is 1.35. The van der Waals surface area contributed by atoms with E-state index >= 15 is 0 Å². The first-order valence-electron chi connectivity index (χ1n) is 4.83. The quantitative estimate of drug-likeness (QED) is 0.799. The van der Waals surface area contributed by atoms with Gasteiger partial charge in [0, 0.05) is 6.54 Å². The average molecular weight is 237 g/mol. The molecule has 0 aliphatic carbocycles. The fourth-order valence-electron chi connectivity index (χ4n) is 1.53. The van der Waals surface area contributed by atoms with Crippen molar-refractivity contribution in [1.29, 1.82) is 0 Å². The van der Waals surface area contributed by atoms with Crippen molar-refractivity contribution in [3.8, 4) is 0 Å². The van der Waals surface area contributed by atoms with E-state index in [9.17, 15) is 9.59 Å². The third kappa shape index (κ3) is 2.19. The van der Waals surface area contributed by atoms with Crippen LogP contribution in [0.1, 0.15) is 21.2 Å². The number of methoxy groups -OCH3 is 1. The molecule has 1 unspecified atom stereocenters. The first-order chi connectivity index (χ1) is 7.70. The fourth-order valence-corrected chi connectivity index (χ4v) is 2.41. The maximum atomic E-state index is 11.2. The van der Waals surface area contributed by atoms with Crippen LogP contribution in [-0.4, -0.2) is 24.9 Å². The lowest BCUT2D eigenvalue weighted by atomic mass is 10.1. The van der Waals surface area contributed by atoms with E-state index in [1.54, 1.807) is 12.1 Å². The van der Waals surface area contributed by atoms with Crippen LogP contribution in [0, 0.1) is 0 Å². The van der Waals surface area contributed by atoms with Crippen molar-refractivity contribution in [2.75, 3.05) is 13.7 Å². The minimum absolute atomic E-state index is 0.00189. The Balaban J connectivity index is 2.13. The van der Waals surface area contributed by atoms with Crippen LogP contribution in [0.15, 0.2) is 24.3 Å². The van der Waals surface area contributed by atoms with Gasteiger partial charge < -0.3 is 10.1 Å². The van der Waals surface area contributed by atoms with Crippen LogP contribution in [-0.2, 0) is 4.74 Å². The molecule has 1 N–H and O–H groups in total. The first kappa shape index (κ1) is 11.0. The second-order valence-electron chi connectivity index (χ2n) is 3.39. The highest BCUT2D eigenvalue weighted by molar-refractivity contribution is 8.14. The molecular formula is C11H11NO3S. The van der Waals surface area contributed by atoms with Crippen LogP contribution in [0.25, 0.3) is 0 Å². The summed E-state index contributed by atoms with van der Waals surface area (Å²) in [6.45, 7) is 0.640. The van der Waals surface area contributed by atoms with Crippen LogP contribution >= 0.6 is 11.8 Å². The van der Waals surface area contributed by atoms with Gasteiger partial charge in [-0.15, -0.1) is 0 Å². The predicted molar refractivity (Wildman–Crippen MR) is 61.5 cm³/mol. The van der Waals surface area contributed by atoms with Gasteiger partial charge >= 0.3 is 5.97 Å². The SMILES string of the molecule is COC(=O)c1ccc(C2CNC(=O)S2)cc1. The van der Waals surface area contributed by atoms with E-state index in [1.807, 2.05) is 12.1 Å². The maximum Gasteiger partial charge on any atom is 0.337 e. The Morgan fingerprint density at radius 1 is 1.44 bits per heavy atom. The van der Waals surface area contributed by atoms with E-state index in [0.29, 0.717) is 12.1 Å². The second-order valence-corrected chi connectivity index (χ2v) is 4.56. The summed E-state index contributed by atoms with van der Waals surface area (Å²) >= 11 is 1.27. The van der Waals surface area contributed by atoms with Crippen molar-refractivity contribution in [2.45, 2.75) is 5.25 Å². The molecule has 2 rings (SSSR count). The van der Waals surface area contributed by atoms with Crippen molar-refractivity contribution in [2.24, 2.45) is 0 Å². The van der Waals surface area contributed by atoms with Crippen molar-refractivity contribution < 1.29 is 14.3 Å². The van der Waals surface area contributed by atoms with Crippen molar-refractivity contribution >= 4 is 23.0 Å². The number of thioether (sulfide) groups is 1. The number of hydrogen-bond acceptors (Lipinski definition) is 4. The van der Waals surface area contributed by atoms with Gasteiger partial charge in [0.15, 0.2) is 0 Å². The number of nitrogens with one attached hydrogen (secondary N) is 1. The minimum atomic E-state index is -0.347. The van der Waals surface area contributed by atoms with Crippen LogP contribution in [0.5, 0.6) is 0 Å². The Labute approximate surface area is 97.4 Å². The highest BCUT2D eigenvalue weighted by atomic mass is 32.2. The van der Waals surface area contributed by atoms with Crippen molar-refractivity contribution in [3.63, 3.8) is 0 Å². The standard InChI is InChI=1S/C11H11NO3S/c1-15-10(13)8-4-2-7(3-5-8)9-6-12-11(14)16-9/h2-5,9H,6H2,1H3,(H,12,14). The van der Waals surface area contributed by atoms with Crippen molar-refractivity contribution in [1.82, 2.24) is 5.32 Å². The molecule has 1 saturated heterocycles. The number of rotatable bonds is 2. The van der Waals surface area contributed by atoms with E-state index in [2.05, 4.69) is 10.1 Å². The molecule has 1 aliphatic heterocycles. The second kappa shape index (κ2) is 4.57. The summed E-state index contributed by atoms with van der Waals surface area (Å²) in [5, 5.41) is 2.89. The number of esters is 1. The normalized spacial score (nSPS) is 19.3.